The molecule has 0 aliphatic rings. The van der Waals surface area contributed by atoms with Crippen molar-refractivity contribution in [2.75, 3.05) is 0 Å². The van der Waals surface area contributed by atoms with E-state index in [1.807, 2.05) is 0 Å². The van der Waals surface area contributed by atoms with Crippen LogP contribution in [0.5, 0.6) is 11.5 Å². The highest BCUT2D eigenvalue weighted by Gasteiger charge is 2.17. The van der Waals surface area contributed by atoms with E-state index in [-0.39, 0.29) is 28.5 Å². The average Bonchev–Trinajstić information content (AvgIpc) is 2.51. The van der Waals surface area contributed by atoms with Crippen molar-refractivity contribution in [1.29, 1.82) is 0 Å². The summed E-state index contributed by atoms with van der Waals surface area (Å²) < 4.78 is 10.2. The van der Waals surface area contributed by atoms with Crippen molar-refractivity contribution in [2.24, 2.45) is 0 Å². The number of ether oxygens (including phenoxy) is 2. The van der Waals surface area contributed by atoms with Gasteiger partial charge in [0, 0.05) is 5.57 Å². The molecule has 4 nitrogen and oxygen atoms in total. The molecule has 0 saturated heterocycles. The largest absolute Gasteiger partial charge is 0.425 e. The van der Waals surface area contributed by atoms with Gasteiger partial charge in [0.2, 0.25) is 0 Å². The van der Waals surface area contributed by atoms with Crippen LogP contribution < -0.4 is 9.47 Å². The van der Waals surface area contributed by atoms with E-state index < -0.39 is 11.9 Å². The third-order valence-corrected chi connectivity index (χ3v) is 3.37. The summed E-state index contributed by atoms with van der Waals surface area (Å²) >= 11 is 11.8. The molecular weight excluding hydrogens is 339 g/mol. The van der Waals surface area contributed by atoms with Gasteiger partial charge in [0.1, 0.15) is 11.5 Å². The Bertz CT molecular complexity index is 756. The molecule has 0 bridgehead atoms. The number of carbonyl (C=O) groups excluding carboxylic acids is 2. The molecule has 2 aromatic rings. The zero-order chi connectivity index (χ0) is 16.8. The van der Waals surface area contributed by atoms with Crippen LogP contribution in [0.25, 0.3) is 0 Å². The van der Waals surface area contributed by atoms with Gasteiger partial charge in [-0.2, -0.15) is 0 Å². The normalized spacial score (nSPS) is 10.0. The minimum absolute atomic E-state index is 0.0537. The van der Waals surface area contributed by atoms with Crippen molar-refractivity contribution >= 4 is 35.1 Å². The van der Waals surface area contributed by atoms with Crippen LogP contribution >= 0.6 is 23.2 Å². The third-order valence-electron chi connectivity index (χ3n) is 2.75. The van der Waals surface area contributed by atoms with Crippen molar-refractivity contribution in [3.05, 3.63) is 70.7 Å². The highest BCUT2D eigenvalue weighted by Crippen LogP contribution is 2.25. The second-order valence-corrected chi connectivity index (χ2v) is 5.32. The summed E-state index contributed by atoms with van der Waals surface area (Å²) in [6.45, 7) is 3.53. The van der Waals surface area contributed by atoms with Gasteiger partial charge in [-0.3, -0.25) is 4.79 Å². The maximum absolute atomic E-state index is 11.9. The molecule has 0 spiro atoms. The van der Waals surface area contributed by atoms with E-state index in [0.29, 0.717) is 5.02 Å². The minimum Gasteiger partial charge on any atom is -0.425 e. The summed E-state index contributed by atoms with van der Waals surface area (Å²) in [4.78, 5) is 23.7. The first kappa shape index (κ1) is 17.1. The Balaban J connectivity index is 1.93. The molecule has 0 fully saturated rings. The van der Waals surface area contributed by atoms with E-state index in [9.17, 15) is 9.59 Å². The molecule has 0 heterocycles. The molecule has 0 aromatic heterocycles. The smallest absolute Gasteiger partial charge is 0.339 e. The van der Waals surface area contributed by atoms with E-state index in [2.05, 4.69) is 6.58 Å². The lowest BCUT2D eigenvalue weighted by Gasteiger charge is -2.09. The Hall–Kier alpha value is -2.30. The minimum atomic E-state index is -0.755. The van der Waals surface area contributed by atoms with Gasteiger partial charge in [-0.15, -0.1) is 0 Å². The first-order valence-corrected chi connectivity index (χ1v) is 7.32. The Morgan fingerprint density at radius 2 is 1.35 bits per heavy atom. The maximum atomic E-state index is 11.9. The molecule has 0 N–H and O–H groups in total. The summed E-state index contributed by atoms with van der Waals surface area (Å²) in [7, 11) is 0. The topological polar surface area (TPSA) is 52.6 Å². The molecule has 0 saturated carbocycles. The monoisotopic (exact) mass is 350 g/mol. The number of para-hydroxylation sites is 2. The Labute approximate surface area is 143 Å². The summed E-state index contributed by atoms with van der Waals surface area (Å²) in [5.74, 6) is -1.01. The van der Waals surface area contributed by atoms with Crippen LogP contribution in [0.15, 0.2) is 60.7 Å². The molecule has 2 rings (SSSR count). The summed E-state index contributed by atoms with van der Waals surface area (Å²) in [5, 5.41) is 0.581. The second kappa shape index (κ2) is 7.81. The zero-order valence-corrected chi connectivity index (χ0v) is 13.4. The fourth-order valence-corrected chi connectivity index (χ4v) is 1.98. The third kappa shape index (κ3) is 4.84. The highest BCUT2D eigenvalue weighted by atomic mass is 35.5. The van der Waals surface area contributed by atoms with Crippen molar-refractivity contribution in [2.45, 2.75) is 6.42 Å². The lowest BCUT2D eigenvalue weighted by atomic mass is 10.2. The van der Waals surface area contributed by atoms with Gasteiger partial charge < -0.3 is 9.47 Å². The lowest BCUT2D eigenvalue weighted by Crippen LogP contribution is -2.16. The Morgan fingerprint density at radius 3 is 1.87 bits per heavy atom. The maximum Gasteiger partial charge on any atom is 0.339 e. The van der Waals surface area contributed by atoms with Gasteiger partial charge >= 0.3 is 11.9 Å². The van der Waals surface area contributed by atoms with Crippen molar-refractivity contribution in [3.8, 4) is 11.5 Å². The number of hydrogen-bond donors (Lipinski definition) is 0. The molecule has 6 heteroatoms. The van der Waals surface area contributed by atoms with E-state index in [1.54, 1.807) is 42.5 Å². The number of rotatable bonds is 5. The average molecular weight is 351 g/mol. The zero-order valence-electron chi connectivity index (χ0n) is 11.9. The van der Waals surface area contributed by atoms with Gasteiger partial charge in [0.25, 0.3) is 0 Å². The van der Waals surface area contributed by atoms with Gasteiger partial charge in [0.05, 0.1) is 16.5 Å². The van der Waals surface area contributed by atoms with Crippen molar-refractivity contribution < 1.29 is 19.1 Å². The molecule has 0 atom stereocenters. The fourth-order valence-electron chi connectivity index (χ4n) is 1.63. The van der Waals surface area contributed by atoms with Crippen LogP contribution in [0.2, 0.25) is 10.0 Å². The highest BCUT2D eigenvalue weighted by molar-refractivity contribution is 6.32. The summed E-state index contributed by atoms with van der Waals surface area (Å²) in [6.07, 6.45) is -0.325. The molecule has 0 aliphatic carbocycles. The summed E-state index contributed by atoms with van der Waals surface area (Å²) in [5.41, 5.74) is -0.0537. The fraction of sp³-hybridized carbons (Fsp3) is 0.0588. The van der Waals surface area contributed by atoms with E-state index in [4.69, 9.17) is 32.7 Å². The number of esters is 2. The molecule has 0 aliphatic heterocycles. The predicted octanol–water partition coefficient (Wildman–Crippen LogP) is 4.45. The molecule has 2 aromatic carbocycles. The summed E-state index contributed by atoms with van der Waals surface area (Å²) in [6, 6.07) is 13.0. The van der Waals surface area contributed by atoms with Gasteiger partial charge in [-0.1, -0.05) is 54.0 Å². The predicted molar refractivity (Wildman–Crippen MR) is 87.9 cm³/mol. The van der Waals surface area contributed by atoms with E-state index >= 15 is 0 Å². The molecular formula is C17H12Cl2O4. The molecule has 0 unspecified atom stereocenters. The van der Waals surface area contributed by atoms with Crippen LogP contribution in [0.1, 0.15) is 6.42 Å². The quantitative estimate of drug-likeness (QED) is 0.454. The van der Waals surface area contributed by atoms with Crippen LogP contribution in [-0.2, 0) is 9.59 Å². The number of benzene rings is 2. The van der Waals surface area contributed by atoms with Gasteiger partial charge in [0.15, 0.2) is 0 Å². The number of hydrogen-bond acceptors (Lipinski definition) is 4. The molecule has 0 radical (unpaired) electrons. The SMILES string of the molecule is C=C(CC(=O)Oc1ccccc1Cl)C(=O)Oc1ccccc1Cl. The van der Waals surface area contributed by atoms with Crippen LogP contribution in [0.3, 0.4) is 0 Å². The van der Waals surface area contributed by atoms with Gasteiger partial charge in [-0.05, 0) is 24.3 Å². The standard InChI is InChI=1S/C17H12Cl2O4/c1-11(17(21)23-15-9-5-3-7-13(15)19)10-16(20)22-14-8-4-2-6-12(14)18/h2-9H,1,10H2. The molecule has 0 amide bonds. The number of carbonyl (C=O) groups is 2. The van der Waals surface area contributed by atoms with Crippen LogP contribution in [-0.4, -0.2) is 11.9 Å². The second-order valence-electron chi connectivity index (χ2n) is 4.50. The van der Waals surface area contributed by atoms with Gasteiger partial charge in [-0.25, -0.2) is 4.79 Å². The Kier molecular flexibility index (Phi) is 5.79. The van der Waals surface area contributed by atoms with E-state index in [0.717, 1.165) is 0 Å². The number of halogens is 2. The van der Waals surface area contributed by atoms with Crippen molar-refractivity contribution in [3.63, 3.8) is 0 Å². The molecule has 118 valence electrons. The first-order valence-electron chi connectivity index (χ1n) is 6.57. The van der Waals surface area contributed by atoms with Crippen LogP contribution in [0.4, 0.5) is 0 Å². The van der Waals surface area contributed by atoms with Crippen molar-refractivity contribution in [1.82, 2.24) is 0 Å². The lowest BCUT2D eigenvalue weighted by molar-refractivity contribution is -0.136. The molecule has 23 heavy (non-hydrogen) atoms. The Morgan fingerprint density at radius 1 is 0.870 bits per heavy atom. The van der Waals surface area contributed by atoms with Crippen LogP contribution in [0, 0.1) is 0 Å². The first-order chi connectivity index (χ1) is 11.0. The van der Waals surface area contributed by atoms with E-state index in [1.165, 1.54) is 6.07 Å².